The maximum atomic E-state index is 10.7. The molecule has 0 aliphatic heterocycles. The molecule has 0 saturated heterocycles. The molecule has 1 aromatic rings. The van der Waals surface area contributed by atoms with Crippen molar-refractivity contribution < 1.29 is 14.7 Å². The second-order valence-corrected chi connectivity index (χ2v) is 3.45. The molecule has 0 aliphatic carbocycles. The van der Waals surface area contributed by atoms with Crippen molar-refractivity contribution in [2.75, 3.05) is 0 Å². The second-order valence-electron chi connectivity index (χ2n) is 3.45. The van der Waals surface area contributed by atoms with E-state index in [4.69, 9.17) is 0 Å². The number of hydrogen-bond donors (Lipinski definition) is 1. The summed E-state index contributed by atoms with van der Waals surface area (Å²) in [6, 6.07) is 5.37. The zero-order chi connectivity index (χ0) is 12.1. The quantitative estimate of drug-likeness (QED) is 0.484. The average Bonchev–Trinajstić information content (AvgIpc) is 2.24. The summed E-state index contributed by atoms with van der Waals surface area (Å²) in [5.74, 6) is -0.298. The molecule has 0 atom stereocenters. The van der Waals surface area contributed by atoms with Gasteiger partial charge in [-0.2, -0.15) is 0 Å². The van der Waals surface area contributed by atoms with Crippen LogP contribution >= 0.6 is 0 Å². The Balaban J connectivity index is 3.08. The molecule has 0 unspecified atom stereocenters. The minimum Gasteiger partial charge on any atom is -0.507 e. The van der Waals surface area contributed by atoms with Gasteiger partial charge in [0.15, 0.2) is 0 Å². The number of nitrogens with zero attached hydrogens (tertiary/aromatic N) is 1. The van der Waals surface area contributed by atoms with Gasteiger partial charge in [-0.05, 0) is 25.0 Å². The molecule has 4 nitrogen and oxygen atoms in total. The highest BCUT2D eigenvalue weighted by Gasteiger charge is 2.10. The zero-order valence-electron chi connectivity index (χ0n) is 9.65. The van der Waals surface area contributed by atoms with Crippen LogP contribution in [0.5, 0.6) is 5.75 Å². The Hall–Kier alpha value is -1.84. The van der Waals surface area contributed by atoms with Crippen molar-refractivity contribution in [3.63, 3.8) is 0 Å². The lowest BCUT2D eigenvalue weighted by Gasteiger charge is -2.07. The Labute approximate surface area is 94.5 Å². The number of phenols is 1. The van der Waals surface area contributed by atoms with E-state index in [2.05, 4.69) is 9.99 Å². The Morgan fingerprint density at radius 2 is 2.19 bits per heavy atom. The summed E-state index contributed by atoms with van der Waals surface area (Å²) in [5, 5.41) is 13.6. The standard InChI is InChI=1S/C12H15NO3/c1-4-11(13-16-9(3)14)10-7-5-6-8(2)12(10)15/h5-7,15H,4H2,1-3H3. The van der Waals surface area contributed by atoms with Gasteiger partial charge in [-0.1, -0.05) is 24.2 Å². The molecule has 0 heterocycles. The second kappa shape index (κ2) is 5.30. The normalized spacial score (nSPS) is 11.3. The van der Waals surface area contributed by atoms with Gasteiger partial charge in [-0.25, -0.2) is 4.79 Å². The molecule has 0 radical (unpaired) electrons. The molecular weight excluding hydrogens is 206 g/mol. The highest BCUT2D eigenvalue weighted by molar-refractivity contribution is 6.02. The molecule has 16 heavy (non-hydrogen) atoms. The highest BCUT2D eigenvalue weighted by Crippen LogP contribution is 2.23. The first-order chi connectivity index (χ1) is 7.56. The van der Waals surface area contributed by atoms with E-state index < -0.39 is 5.97 Å². The summed E-state index contributed by atoms with van der Waals surface area (Å²) in [4.78, 5) is 15.2. The lowest BCUT2D eigenvalue weighted by molar-refractivity contribution is -0.140. The van der Waals surface area contributed by atoms with Crippen LogP contribution in [0.25, 0.3) is 0 Å². The predicted octanol–water partition coefficient (Wildman–Crippen LogP) is 2.38. The van der Waals surface area contributed by atoms with Crippen molar-refractivity contribution in [1.29, 1.82) is 0 Å². The van der Waals surface area contributed by atoms with Crippen molar-refractivity contribution in [1.82, 2.24) is 0 Å². The molecule has 1 aromatic carbocycles. The van der Waals surface area contributed by atoms with Gasteiger partial charge in [0.25, 0.3) is 0 Å². The van der Waals surface area contributed by atoms with Gasteiger partial charge < -0.3 is 9.94 Å². The zero-order valence-corrected chi connectivity index (χ0v) is 9.65. The number of aromatic hydroxyl groups is 1. The number of phenolic OH excluding ortho intramolecular Hbond substituents is 1. The van der Waals surface area contributed by atoms with E-state index in [1.165, 1.54) is 6.92 Å². The maximum Gasteiger partial charge on any atom is 0.331 e. The minimum absolute atomic E-state index is 0.176. The first kappa shape index (κ1) is 12.2. The summed E-state index contributed by atoms with van der Waals surface area (Å²) >= 11 is 0. The Bertz CT molecular complexity index is 424. The molecule has 0 amide bonds. The smallest absolute Gasteiger partial charge is 0.331 e. The topological polar surface area (TPSA) is 58.9 Å². The number of rotatable bonds is 3. The summed E-state index contributed by atoms with van der Waals surface area (Å²) in [6.45, 7) is 4.97. The van der Waals surface area contributed by atoms with E-state index in [9.17, 15) is 9.90 Å². The molecule has 4 heteroatoms. The minimum atomic E-state index is -0.474. The number of oxime groups is 1. The number of para-hydroxylation sites is 1. The summed E-state index contributed by atoms with van der Waals surface area (Å²) < 4.78 is 0. The monoisotopic (exact) mass is 221 g/mol. The molecule has 86 valence electrons. The van der Waals surface area contributed by atoms with Gasteiger partial charge in [0, 0.05) is 12.5 Å². The van der Waals surface area contributed by atoms with Crippen LogP contribution in [0.1, 0.15) is 31.4 Å². The van der Waals surface area contributed by atoms with Gasteiger partial charge in [-0.15, -0.1) is 0 Å². The molecule has 0 fully saturated rings. The third-order valence-electron chi connectivity index (χ3n) is 2.17. The third-order valence-corrected chi connectivity index (χ3v) is 2.17. The number of carbonyl (C=O) groups is 1. The fourth-order valence-electron chi connectivity index (χ4n) is 1.32. The van der Waals surface area contributed by atoms with E-state index in [1.54, 1.807) is 19.1 Å². The first-order valence-corrected chi connectivity index (χ1v) is 5.09. The fourth-order valence-corrected chi connectivity index (χ4v) is 1.32. The molecule has 0 bridgehead atoms. The van der Waals surface area contributed by atoms with Crippen LogP contribution in [0.2, 0.25) is 0 Å². The van der Waals surface area contributed by atoms with Gasteiger partial charge >= 0.3 is 5.97 Å². The van der Waals surface area contributed by atoms with E-state index in [0.29, 0.717) is 17.7 Å². The van der Waals surface area contributed by atoms with Crippen molar-refractivity contribution in [3.05, 3.63) is 29.3 Å². The lowest BCUT2D eigenvalue weighted by atomic mass is 10.0. The number of hydrogen-bond acceptors (Lipinski definition) is 4. The highest BCUT2D eigenvalue weighted by atomic mass is 16.7. The lowest BCUT2D eigenvalue weighted by Crippen LogP contribution is -2.03. The van der Waals surface area contributed by atoms with E-state index >= 15 is 0 Å². The van der Waals surface area contributed by atoms with Crippen molar-refractivity contribution in [2.24, 2.45) is 5.16 Å². The molecule has 0 aliphatic rings. The van der Waals surface area contributed by atoms with Gasteiger partial charge in [-0.3, -0.25) is 0 Å². The van der Waals surface area contributed by atoms with Crippen LogP contribution in [0.3, 0.4) is 0 Å². The summed E-state index contributed by atoms with van der Waals surface area (Å²) in [5.41, 5.74) is 1.92. The number of carbonyl (C=O) groups excluding carboxylic acids is 1. The summed E-state index contributed by atoms with van der Waals surface area (Å²) in [6.07, 6.45) is 0.574. The summed E-state index contributed by atoms with van der Waals surface area (Å²) in [7, 11) is 0. The number of aryl methyl sites for hydroxylation is 1. The maximum absolute atomic E-state index is 10.7. The van der Waals surface area contributed by atoms with E-state index in [0.717, 1.165) is 5.56 Å². The first-order valence-electron chi connectivity index (χ1n) is 5.09. The van der Waals surface area contributed by atoms with Gasteiger partial charge in [0.1, 0.15) is 5.75 Å². The molecule has 1 rings (SSSR count). The van der Waals surface area contributed by atoms with Crippen molar-refractivity contribution in [2.45, 2.75) is 27.2 Å². The largest absolute Gasteiger partial charge is 0.507 e. The van der Waals surface area contributed by atoms with E-state index in [-0.39, 0.29) is 5.75 Å². The number of benzene rings is 1. The van der Waals surface area contributed by atoms with Crippen molar-refractivity contribution >= 4 is 11.7 Å². The Morgan fingerprint density at radius 3 is 2.75 bits per heavy atom. The Kier molecular flexibility index (Phi) is 4.05. The van der Waals surface area contributed by atoms with Crippen LogP contribution in [-0.2, 0) is 9.63 Å². The van der Waals surface area contributed by atoms with Crippen LogP contribution in [0.15, 0.2) is 23.4 Å². The molecule has 0 saturated carbocycles. The van der Waals surface area contributed by atoms with Crippen LogP contribution < -0.4 is 0 Å². The third kappa shape index (κ3) is 2.82. The molecule has 0 spiro atoms. The van der Waals surface area contributed by atoms with Crippen LogP contribution in [0.4, 0.5) is 0 Å². The average molecular weight is 221 g/mol. The molecular formula is C12H15NO3. The molecule has 1 N–H and O–H groups in total. The van der Waals surface area contributed by atoms with Crippen LogP contribution in [-0.4, -0.2) is 16.8 Å². The van der Waals surface area contributed by atoms with Crippen molar-refractivity contribution in [3.8, 4) is 5.75 Å². The molecule has 0 aromatic heterocycles. The van der Waals surface area contributed by atoms with Gasteiger partial charge in [0.05, 0.1) is 5.71 Å². The predicted molar refractivity (Wildman–Crippen MR) is 61.4 cm³/mol. The Morgan fingerprint density at radius 1 is 1.50 bits per heavy atom. The van der Waals surface area contributed by atoms with Crippen LogP contribution in [0, 0.1) is 6.92 Å². The van der Waals surface area contributed by atoms with E-state index in [1.807, 2.05) is 13.0 Å². The SMILES string of the molecule is CCC(=NOC(C)=O)c1cccc(C)c1O. The van der Waals surface area contributed by atoms with Gasteiger partial charge in [0.2, 0.25) is 0 Å². The fraction of sp³-hybridized carbons (Fsp3) is 0.333.